The van der Waals surface area contributed by atoms with E-state index in [0.717, 1.165) is 39.9 Å². The number of benzene rings is 2. The third-order valence-corrected chi connectivity index (χ3v) is 7.42. The predicted molar refractivity (Wildman–Crippen MR) is 126 cm³/mol. The summed E-state index contributed by atoms with van der Waals surface area (Å²) in [5.41, 5.74) is 4.56. The fourth-order valence-corrected chi connectivity index (χ4v) is 6.00. The van der Waals surface area contributed by atoms with Crippen molar-refractivity contribution in [3.63, 3.8) is 0 Å². The zero-order valence-corrected chi connectivity index (χ0v) is 19.3. The van der Waals surface area contributed by atoms with Crippen LogP contribution in [0.2, 0.25) is 0 Å². The van der Waals surface area contributed by atoms with Crippen molar-refractivity contribution < 1.29 is 23.4 Å². The Morgan fingerprint density at radius 2 is 1.97 bits per heavy atom. The van der Waals surface area contributed by atoms with Crippen LogP contribution in [0.1, 0.15) is 33.1 Å². The first kappa shape index (κ1) is 22.8. The molecule has 2 aliphatic rings. The number of aromatic carboxylic acids is 1. The number of hydrogen-bond donors (Lipinski definition) is 2. The molecule has 34 heavy (non-hydrogen) atoms. The number of aryl methyl sites for hydroxylation is 1. The van der Waals surface area contributed by atoms with Gasteiger partial charge in [-0.25, -0.2) is 13.6 Å². The van der Waals surface area contributed by atoms with E-state index in [1.165, 1.54) is 0 Å². The van der Waals surface area contributed by atoms with Crippen LogP contribution in [0.3, 0.4) is 0 Å². The van der Waals surface area contributed by atoms with Crippen molar-refractivity contribution >= 4 is 16.9 Å². The first-order valence-electron chi connectivity index (χ1n) is 11.6. The van der Waals surface area contributed by atoms with Crippen molar-refractivity contribution in [3.05, 3.63) is 64.8 Å². The van der Waals surface area contributed by atoms with Gasteiger partial charge in [-0.2, -0.15) is 0 Å². The van der Waals surface area contributed by atoms with Gasteiger partial charge >= 0.3 is 5.97 Å². The van der Waals surface area contributed by atoms with E-state index in [-0.39, 0.29) is 30.0 Å². The Kier molecular flexibility index (Phi) is 6.04. The average Bonchev–Trinajstić information content (AvgIpc) is 3.50. The zero-order chi connectivity index (χ0) is 24.0. The molecule has 0 amide bonds. The van der Waals surface area contributed by atoms with Gasteiger partial charge in [0.15, 0.2) is 0 Å². The van der Waals surface area contributed by atoms with Gasteiger partial charge in [0, 0.05) is 54.9 Å². The van der Waals surface area contributed by atoms with Crippen LogP contribution in [-0.4, -0.2) is 65.6 Å². The summed E-state index contributed by atoms with van der Waals surface area (Å²) in [6.45, 7) is 4.56. The number of aromatic nitrogens is 1. The van der Waals surface area contributed by atoms with E-state index in [1.54, 1.807) is 19.2 Å². The number of ether oxygens (including phenoxy) is 1. The van der Waals surface area contributed by atoms with Gasteiger partial charge in [0.1, 0.15) is 5.75 Å². The second-order valence-corrected chi connectivity index (χ2v) is 9.48. The van der Waals surface area contributed by atoms with Gasteiger partial charge in [0.05, 0.1) is 19.2 Å². The SMILES string of the molecule is COc1cc(C)c2[nH]ccc2c1CN1CC2CN(CC(F)F)CC2C1c1ccc(C(=O)O)cc1. The van der Waals surface area contributed by atoms with E-state index in [2.05, 4.69) is 22.9 Å². The molecule has 2 fully saturated rings. The predicted octanol–water partition coefficient (Wildman–Crippen LogP) is 4.55. The molecule has 0 saturated carbocycles. The number of rotatable bonds is 7. The maximum absolute atomic E-state index is 13.1. The first-order chi connectivity index (χ1) is 16.4. The molecule has 8 heteroatoms. The summed E-state index contributed by atoms with van der Waals surface area (Å²) in [6.07, 6.45) is -0.411. The van der Waals surface area contributed by atoms with Gasteiger partial charge in [0.2, 0.25) is 0 Å². The van der Waals surface area contributed by atoms with E-state index in [0.29, 0.717) is 19.6 Å². The number of methoxy groups -OCH3 is 1. The number of halogens is 2. The van der Waals surface area contributed by atoms with Crippen LogP contribution >= 0.6 is 0 Å². The molecule has 2 aliphatic heterocycles. The largest absolute Gasteiger partial charge is 0.496 e. The van der Waals surface area contributed by atoms with Crippen LogP contribution in [0.4, 0.5) is 8.78 Å². The lowest BCUT2D eigenvalue weighted by molar-refractivity contribution is 0.0696. The minimum atomic E-state index is -2.35. The molecule has 3 heterocycles. The zero-order valence-electron chi connectivity index (χ0n) is 19.3. The number of alkyl halides is 2. The average molecular weight is 470 g/mol. The number of carboxylic acid groups (broad SMARTS) is 1. The maximum Gasteiger partial charge on any atom is 0.335 e. The van der Waals surface area contributed by atoms with Crippen molar-refractivity contribution in [3.8, 4) is 5.75 Å². The van der Waals surface area contributed by atoms with E-state index in [1.807, 2.05) is 29.3 Å². The normalized spacial score (nSPS) is 23.1. The fraction of sp³-hybridized carbons (Fsp3) is 0.423. The molecule has 5 rings (SSSR count). The molecule has 0 radical (unpaired) electrons. The summed E-state index contributed by atoms with van der Waals surface area (Å²) >= 11 is 0. The van der Waals surface area contributed by atoms with Crippen LogP contribution in [0.25, 0.3) is 10.9 Å². The fourth-order valence-electron chi connectivity index (χ4n) is 6.00. The minimum absolute atomic E-state index is 0.00974. The number of carbonyl (C=O) groups is 1. The Morgan fingerprint density at radius 3 is 2.65 bits per heavy atom. The second-order valence-electron chi connectivity index (χ2n) is 9.48. The summed E-state index contributed by atoms with van der Waals surface area (Å²) in [6, 6.07) is 11.1. The quantitative estimate of drug-likeness (QED) is 0.531. The molecule has 2 N–H and O–H groups in total. The van der Waals surface area contributed by atoms with Gasteiger partial charge in [-0.1, -0.05) is 12.1 Å². The Labute approximate surface area is 197 Å². The Bertz CT molecular complexity index is 1190. The van der Waals surface area contributed by atoms with Gasteiger partial charge in [-0.15, -0.1) is 0 Å². The van der Waals surface area contributed by atoms with Crippen molar-refractivity contribution in [1.82, 2.24) is 14.8 Å². The Balaban J connectivity index is 1.50. The number of likely N-dealkylation sites (tertiary alicyclic amines) is 2. The summed E-state index contributed by atoms with van der Waals surface area (Å²) in [7, 11) is 1.68. The number of nitrogens with one attached hydrogen (secondary N) is 1. The smallest absolute Gasteiger partial charge is 0.335 e. The summed E-state index contributed by atoms with van der Waals surface area (Å²) in [4.78, 5) is 19.0. The lowest BCUT2D eigenvalue weighted by Crippen LogP contribution is -2.33. The molecular weight excluding hydrogens is 440 g/mol. The number of nitrogens with zero attached hydrogens (tertiary/aromatic N) is 2. The van der Waals surface area contributed by atoms with E-state index >= 15 is 0 Å². The lowest BCUT2D eigenvalue weighted by atomic mass is 9.89. The van der Waals surface area contributed by atoms with Gasteiger partial charge in [-0.05, 0) is 54.2 Å². The lowest BCUT2D eigenvalue weighted by Gasteiger charge is -2.30. The molecule has 6 nitrogen and oxygen atoms in total. The van der Waals surface area contributed by atoms with Gasteiger partial charge < -0.3 is 14.8 Å². The van der Waals surface area contributed by atoms with Crippen LogP contribution in [0, 0.1) is 18.8 Å². The summed E-state index contributed by atoms with van der Waals surface area (Å²) in [5.74, 6) is 0.352. The molecule has 0 bridgehead atoms. The highest BCUT2D eigenvalue weighted by molar-refractivity contribution is 5.88. The Morgan fingerprint density at radius 1 is 1.21 bits per heavy atom. The molecule has 3 aromatic rings. The van der Waals surface area contributed by atoms with E-state index in [4.69, 9.17) is 4.74 Å². The van der Waals surface area contributed by atoms with Gasteiger partial charge in [-0.3, -0.25) is 9.80 Å². The van der Waals surface area contributed by atoms with Crippen molar-refractivity contribution in [2.75, 3.05) is 33.3 Å². The molecule has 3 unspecified atom stereocenters. The Hall–Kier alpha value is -2.97. The van der Waals surface area contributed by atoms with Crippen LogP contribution in [0.15, 0.2) is 42.6 Å². The first-order valence-corrected chi connectivity index (χ1v) is 11.6. The van der Waals surface area contributed by atoms with Crippen molar-refractivity contribution in [2.24, 2.45) is 11.8 Å². The topological polar surface area (TPSA) is 68.8 Å². The summed E-state index contributed by atoms with van der Waals surface area (Å²) < 4.78 is 31.9. The monoisotopic (exact) mass is 469 g/mol. The molecular formula is C26H29F2N3O3. The standard InChI is InChI=1S/C26H29F2N3O3/c1-15-9-22(34-2)21(19-7-8-29-24(15)19)13-31-11-18-10-30(14-23(27)28)12-20(18)25(31)16-3-5-17(6-4-16)26(32)33/h3-9,18,20,23,25,29H,10-14H2,1-2H3,(H,32,33). The number of fused-ring (bicyclic) bond motifs is 2. The van der Waals surface area contributed by atoms with Crippen molar-refractivity contribution in [2.45, 2.75) is 25.9 Å². The molecule has 180 valence electrons. The van der Waals surface area contributed by atoms with E-state index in [9.17, 15) is 18.7 Å². The number of aromatic amines is 1. The molecule has 1 aromatic heterocycles. The minimum Gasteiger partial charge on any atom is -0.496 e. The molecule has 0 aliphatic carbocycles. The third kappa shape index (κ3) is 4.05. The molecule has 2 saturated heterocycles. The molecule has 2 aromatic carbocycles. The highest BCUT2D eigenvalue weighted by Gasteiger charge is 2.47. The molecule has 0 spiro atoms. The third-order valence-electron chi connectivity index (χ3n) is 7.42. The number of H-pyrrole nitrogens is 1. The van der Waals surface area contributed by atoms with E-state index < -0.39 is 12.4 Å². The van der Waals surface area contributed by atoms with Crippen molar-refractivity contribution in [1.29, 1.82) is 0 Å². The van der Waals surface area contributed by atoms with Gasteiger partial charge in [0.25, 0.3) is 6.43 Å². The highest BCUT2D eigenvalue weighted by Crippen LogP contribution is 2.47. The maximum atomic E-state index is 13.1. The number of hydrogen-bond acceptors (Lipinski definition) is 4. The number of carboxylic acids is 1. The van der Waals surface area contributed by atoms with Crippen LogP contribution in [-0.2, 0) is 6.54 Å². The second kappa shape index (κ2) is 9.00. The highest BCUT2D eigenvalue weighted by atomic mass is 19.3. The summed E-state index contributed by atoms with van der Waals surface area (Å²) in [5, 5.41) is 10.4. The van der Waals surface area contributed by atoms with Crippen LogP contribution < -0.4 is 4.74 Å². The van der Waals surface area contributed by atoms with Crippen LogP contribution in [0.5, 0.6) is 5.75 Å². The molecule has 3 atom stereocenters.